The van der Waals surface area contributed by atoms with Gasteiger partial charge in [0.1, 0.15) is 0 Å². The molecule has 0 bridgehead atoms. The third-order valence-corrected chi connectivity index (χ3v) is 11.2. The van der Waals surface area contributed by atoms with E-state index < -0.39 is 0 Å². The Kier molecular flexibility index (Phi) is 9.06. The second-order valence-corrected chi connectivity index (χ2v) is 15.0. The molecule has 5 aromatic heterocycles. The number of benzene rings is 6. The van der Waals surface area contributed by atoms with Gasteiger partial charge in [-0.2, -0.15) is 0 Å². The van der Waals surface area contributed by atoms with Crippen molar-refractivity contribution in [1.82, 2.24) is 29.5 Å². The predicted octanol–water partition coefficient (Wildman–Crippen LogP) is 13.4. The molecule has 286 valence electrons. The lowest BCUT2D eigenvalue weighted by Crippen LogP contribution is -1.96. The Bertz CT molecular complexity index is 3200. The third kappa shape index (κ3) is 6.92. The number of fused-ring (bicyclic) bond motifs is 3. The lowest BCUT2D eigenvalue weighted by atomic mass is 10.0. The van der Waals surface area contributed by atoms with Crippen LogP contribution in [0.15, 0.2) is 219 Å². The fourth-order valence-corrected chi connectivity index (χ4v) is 8.10. The molecule has 0 aliphatic heterocycles. The van der Waals surface area contributed by atoms with Gasteiger partial charge in [-0.15, -0.1) is 0 Å². The molecule has 6 heteroatoms. The van der Waals surface area contributed by atoms with Crippen LogP contribution in [0.3, 0.4) is 0 Å². The van der Waals surface area contributed by atoms with E-state index in [0.717, 1.165) is 78.8 Å². The third-order valence-electron chi connectivity index (χ3n) is 11.2. The number of rotatable bonds is 8. The molecule has 0 saturated carbocycles. The molecule has 0 radical (unpaired) electrons. The highest BCUT2D eigenvalue weighted by Crippen LogP contribution is 2.35. The first-order valence-electron chi connectivity index (χ1n) is 20.3. The zero-order chi connectivity index (χ0) is 40.5. The second kappa shape index (κ2) is 15.4. The largest absolute Gasteiger partial charge is 0.309 e. The predicted molar refractivity (Wildman–Crippen MR) is 248 cm³/mol. The van der Waals surface area contributed by atoms with Gasteiger partial charge in [0.05, 0.1) is 45.2 Å². The van der Waals surface area contributed by atoms with Gasteiger partial charge in [-0.05, 0) is 77.4 Å². The Labute approximate surface area is 353 Å². The van der Waals surface area contributed by atoms with Crippen molar-refractivity contribution in [2.45, 2.75) is 0 Å². The summed E-state index contributed by atoms with van der Waals surface area (Å²) in [4.78, 5) is 24.7. The topological polar surface area (TPSA) is 69.4 Å². The normalized spacial score (nSPS) is 11.3. The van der Waals surface area contributed by atoms with Crippen molar-refractivity contribution in [2.24, 2.45) is 0 Å². The molecule has 0 atom stereocenters. The number of aromatic nitrogens is 6. The van der Waals surface area contributed by atoms with Crippen LogP contribution in [0, 0.1) is 0 Å². The van der Waals surface area contributed by atoms with Crippen LogP contribution in [0.1, 0.15) is 0 Å². The summed E-state index contributed by atoms with van der Waals surface area (Å²) in [5.74, 6) is 0.695. The molecule has 0 fully saturated rings. The SMILES string of the molecule is c1ccc(-c2cc(-c3ccc(-c4ccc(-c5cc(-c6ccc(-n7c8ccccc8c8ccccc87)cc6)cc(-c6ccccn6)n5)nc4)cc3)nc(-c3ccccc3)n2)cc1. The van der Waals surface area contributed by atoms with Crippen LogP contribution in [-0.4, -0.2) is 29.5 Å². The Morgan fingerprint density at radius 1 is 0.295 bits per heavy atom. The minimum Gasteiger partial charge on any atom is -0.309 e. The Balaban J connectivity index is 0.912. The summed E-state index contributed by atoms with van der Waals surface area (Å²) in [6, 6.07) is 71.2. The zero-order valence-electron chi connectivity index (χ0n) is 33.0. The van der Waals surface area contributed by atoms with Crippen molar-refractivity contribution >= 4 is 21.8 Å². The quantitative estimate of drug-likeness (QED) is 0.154. The van der Waals surface area contributed by atoms with Crippen LogP contribution in [0.25, 0.3) is 106 Å². The molecule has 0 aliphatic rings. The van der Waals surface area contributed by atoms with E-state index in [0.29, 0.717) is 5.82 Å². The summed E-state index contributed by atoms with van der Waals surface area (Å²) in [7, 11) is 0. The van der Waals surface area contributed by atoms with Crippen LogP contribution in [0.2, 0.25) is 0 Å². The van der Waals surface area contributed by atoms with Crippen LogP contribution in [0.5, 0.6) is 0 Å². The van der Waals surface area contributed by atoms with E-state index in [-0.39, 0.29) is 0 Å². The van der Waals surface area contributed by atoms with Crippen molar-refractivity contribution in [3.8, 4) is 84.6 Å². The molecule has 0 aliphatic carbocycles. The minimum absolute atomic E-state index is 0.695. The molecule has 0 saturated heterocycles. The second-order valence-electron chi connectivity index (χ2n) is 15.0. The average Bonchev–Trinajstić information content (AvgIpc) is 3.69. The number of hydrogen-bond donors (Lipinski definition) is 0. The highest BCUT2D eigenvalue weighted by Gasteiger charge is 2.15. The van der Waals surface area contributed by atoms with E-state index in [4.69, 9.17) is 19.9 Å². The van der Waals surface area contributed by atoms with Crippen LogP contribution in [-0.2, 0) is 0 Å². The van der Waals surface area contributed by atoms with Crippen LogP contribution >= 0.6 is 0 Å². The van der Waals surface area contributed by atoms with Gasteiger partial charge in [-0.3, -0.25) is 9.97 Å². The number of para-hydroxylation sites is 2. The van der Waals surface area contributed by atoms with Crippen molar-refractivity contribution in [3.05, 3.63) is 219 Å². The highest BCUT2D eigenvalue weighted by molar-refractivity contribution is 6.09. The number of nitrogens with zero attached hydrogens (tertiary/aromatic N) is 6. The molecule has 61 heavy (non-hydrogen) atoms. The van der Waals surface area contributed by atoms with Gasteiger partial charge in [0.2, 0.25) is 0 Å². The number of hydrogen-bond acceptors (Lipinski definition) is 5. The molecule has 6 nitrogen and oxygen atoms in total. The van der Waals surface area contributed by atoms with Crippen molar-refractivity contribution < 1.29 is 0 Å². The summed E-state index contributed by atoms with van der Waals surface area (Å²) in [5, 5.41) is 2.49. The Hall–Kier alpha value is -8.35. The van der Waals surface area contributed by atoms with E-state index in [2.05, 4.69) is 143 Å². The van der Waals surface area contributed by atoms with Crippen molar-refractivity contribution in [3.63, 3.8) is 0 Å². The smallest absolute Gasteiger partial charge is 0.160 e. The van der Waals surface area contributed by atoms with E-state index in [9.17, 15) is 0 Å². The van der Waals surface area contributed by atoms with Gasteiger partial charge in [0.15, 0.2) is 5.82 Å². The monoisotopic (exact) mass is 780 g/mol. The summed E-state index contributed by atoms with van der Waals surface area (Å²) in [6.45, 7) is 0. The fourth-order valence-electron chi connectivity index (χ4n) is 8.10. The number of pyridine rings is 3. The lowest BCUT2D eigenvalue weighted by Gasteiger charge is -2.12. The van der Waals surface area contributed by atoms with Gasteiger partial charge >= 0.3 is 0 Å². The first-order valence-corrected chi connectivity index (χ1v) is 20.3. The van der Waals surface area contributed by atoms with Crippen molar-refractivity contribution in [2.75, 3.05) is 0 Å². The van der Waals surface area contributed by atoms with Gasteiger partial charge in [0.25, 0.3) is 0 Å². The average molecular weight is 781 g/mol. The maximum Gasteiger partial charge on any atom is 0.160 e. The Morgan fingerprint density at radius 2 is 0.803 bits per heavy atom. The Morgan fingerprint density at radius 3 is 1.41 bits per heavy atom. The highest BCUT2D eigenvalue weighted by atomic mass is 15.0. The maximum atomic E-state index is 5.09. The summed E-state index contributed by atoms with van der Waals surface area (Å²) in [6.07, 6.45) is 3.72. The van der Waals surface area contributed by atoms with Gasteiger partial charge in [-0.1, -0.05) is 146 Å². The fraction of sp³-hybridized carbons (Fsp3) is 0. The molecule has 11 aromatic rings. The lowest BCUT2D eigenvalue weighted by molar-refractivity contribution is 1.18. The molecule has 0 amide bonds. The van der Waals surface area contributed by atoms with Crippen LogP contribution in [0.4, 0.5) is 0 Å². The van der Waals surface area contributed by atoms with E-state index >= 15 is 0 Å². The molecule has 11 rings (SSSR count). The van der Waals surface area contributed by atoms with E-state index in [1.54, 1.807) is 6.20 Å². The van der Waals surface area contributed by atoms with Crippen LogP contribution < -0.4 is 0 Å². The van der Waals surface area contributed by atoms with E-state index in [1.807, 2.05) is 79.0 Å². The summed E-state index contributed by atoms with van der Waals surface area (Å²) >= 11 is 0. The van der Waals surface area contributed by atoms with Gasteiger partial charge in [0, 0.05) is 51.1 Å². The summed E-state index contributed by atoms with van der Waals surface area (Å²) < 4.78 is 2.34. The standard InChI is InChI=1S/C55H36N6/c1-3-13-39(14-4-1)49-35-50(60-55(59-49)41-15-5-2-6-16-41)40-24-22-37(23-25-40)42-28-31-48(57-36-42)52-34-43(33-51(58-52)47-19-11-12-32-56-47)38-26-29-44(30-27-38)61-53-20-9-7-17-45(53)46-18-8-10-21-54(46)61/h1-36H. The summed E-state index contributed by atoms with van der Waals surface area (Å²) in [5.41, 5.74) is 15.6. The molecular formula is C55H36N6. The molecule has 0 spiro atoms. The maximum absolute atomic E-state index is 5.09. The molecule has 0 N–H and O–H groups in total. The first kappa shape index (κ1) is 35.8. The molecular weight excluding hydrogens is 745 g/mol. The molecule has 5 heterocycles. The zero-order valence-corrected chi connectivity index (χ0v) is 33.0. The first-order chi connectivity index (χ1) is 30.2. The van der Waals surface area contributed by atoms with E-state index in [1.165, 1.54) is 21.8 Å². The van der Waals surface area contributed by atoms with Gasteiger partial charge < -0.3 is 4.57 Å². The molecule has 6 aromatic carbocycles. The minimum atomic E-state index is 0.695. The van der Waals surface area contributed by atoms with Gasteiger partial charge in [-0.25, -0.2) is 15.0 Å². The van der Waals surface area contributed by atoms with Crippen molar-refractivity contribution in [1.29, 1.82) is 0 Å². The molecule has 0 unspecified atom stereocenters.